The smallest absolute Gasteiger partial charge is 0.335 e. The average molecular weight is 262 g/mol. The Hall–Kier alpha value is -2.30. The molecule has 0 fully saturated rings. The summed E-state index contributed by atoms with van der Waals surface area (Å²) in [4.78, 5) is 22.2. The molecule has 0 bridgehead atoms. The van der Waals surface area contributed by atoms with E-state index in [4.69, 9.17) is 5.11 Å². The summed E-state index contributed by atoms with van der Waals surface area (Å²) in [6.07, 6.45) is 1.66. The van der Waals surface area contributed by atoms with Gasteiger partial charge in [0.25, 0.3) is 0 Å². The lowest BCUT2D eigenvalue weighted by Gasteiger charge is -2.08. The average Bonchev–Trinajstić information content (AvgIpc) is 2.36. The number of hydrogen-bond donors (Lipinski definition) is 3. The van der Waals surface area contributed by atoms with Crippen LogP contribution in [-0.4, -0.2) is 17.1 Å². The van der Waals surface area contributed by atoms with Gasteiger partial charge in [0, 0.05) is 11.9 Å². The minimum atomic E-state index is -0.994. The second-order valence-electron chi connectivity index (χ2n) is 4.52. The fourth-order valence-electron chi connectivity index (χ4n) is 1.21. The van der Waals surface area contributed by atoms with Crippen molar-refractivity contribution in [3.05, 3.63) is 41.6 Å². The molecule has 0 saturated heterocycles. The summed E-state index contributed by atoms with van der Waals surface area (Å²) in [5.41, 5.74) is 1.79. The first-order valence-corrected chi connectivity index (χ1v) is 5.97. The molecule has 1 aromatic carbocycles. The topological polar surface area (TPSA) is 78.4 Å². The third-order valence-corrected chi connectivity index (χ3v) is 2.73. The molecular formula is C14H18N2O3. The highest BCUT2D eigenvalue weighted by Crippen LogP contribution is 2.10. The van der Waals surface area contributed by atoms with Gasteiger partial charge < -0.3 is 15.7 Å². The van der Waals surface area contributed by atoms with Crippen LogP contribution in [0.25, 0.3) is 0 Å². The summed E-state index contributed by atoms with van der Waals surface area (Å²) in [7, 11) is 0. The summed E-state index contributed by atoms with van der Waals surface area (Å²) in [6.45, 7) is 6.01. The molecule has 19 heavy (non-hydrogen) atoms. The van der Waals surface area contributed by atoms with Crippen LogP contribution in [0.5, 0.6) is 0 Å². The van der Waals surface area contributed by atoms with Crippen molar-refractivity contribution in [1.82, 2.24) is 5.32 Å². The van der Waals surface area contributed by atoms with Gasteiger partial charge in [-0.15, -0.1) is 0 Å². The molecule has 0 atom stereocenters. The normalized spacial score (nSPS) is 11.3. The first-order chi connectivity index (χ1) is 8.90. The van der Waals surface area contributed by atoms with E-state index in [1.165, 1.54) is 12.1 Å². The van der Waals surface area contributed by atoms with Gasteiger partial charge in [-0.2, -0.15) is 0 Å². The number of carboxylic acids is 1. The molecule has 0 aromatic heterocycles. The first-order valence-electron chi connectivity index (χ1n) is 5.97. The van der Waals surface area contributed by atoms with Gasteiger partial charge in [0.2, 0.25) is 0 Å². The maximum Gasteiger partial charge on any atom is 0.335 e. The maximum absolute atomic E-state index is 11.6. The van der Waals surface area contributed by atoms with Crippen molar-refractivity contribution in [1.29, 1.82) is 0 Å². The second-order valence-corrected chi connectivity index (χ2v) is 4.52. The number of amides is 2. The maximum atomic E-state index is 11.6. The van der Waals surface area contributed by atoms with E-state index in [1.54, 1.807) is 18.3 Å². The van der Waals surface area contributed by atoms with Gasteiger partial charge >= 0.3 is 12.0 Å². The quantitative estimate of drug-likeness (QED) is 0.780. The van der Waals surface area contributed by atoms with Crippen LogP contribution in [-0.2, 0) is 0 Å². The van der Waals surface area contributed by atoms with Crippen molar-refractivity contribution in [2.24, 2.45) is 5.92 Å². The molecule has 0 heterocycles. The van der Waals surface area contributed by atoms with E-state index in [-0.39, 0.29) is 11.6 Å². The number of rotatable bonds is 4. The first kappa shape index (κ1) is 14.8. The predicted molar refractivity (Wildman–Crippen MR) is 74.2 cm³/mol. The van der Waals surface area contributed by atoms with Gasteiger partial charge in [-0.3, -0.25) is 0 Å². The van der Waals surface area contributed by atoms with Crippen LogP contribution in [0.4, 0.5) is 10.5 Å². The third kappa shape index (κ3) is 4.83. The Balaban J connectivity index is 2.58. The molecule has 0 unspecified atom stereocenters. The molecule has 5 nitrogen and oxygen atoms in total. The summed E-state index contributed by atoms with van der Waals surface area (Å²) < 4.78 is 0. The number of urea groups is 1. The van der Waals surface area contributed by atoms with E-state index >= 15 is 0 Å². The molecular weight excluding hydrogens is 244 g/mol. The molecule has 0 saturated carbocycles. The zero-order valence-corrected chi connectivity index (χ0v) is 11.2. The number of hydrogen-bond acceptors (Lipinski definition) is 2. The summed E-state index contributed by atoms with van der Waals surface area (Å²) in [6, 6.07) is 5.60. The fraction of sp³-hybridized carbons (Fsp3) is 0.286. The summed E-state index contributed by atoms with van der Waals surface area (Å²) in [5.74, 6) is -0.623. The molecule has 5 heteroatoms. The van der Waals surface area contributed by atoms with Gasteiger partial charge in [-0.1, -0.05) is 19.4 Å². The molecule has 1 rings (SSSR count). The number of anilines is 1. The molecule has 102 valence electrons. The Morgan fingerprint density at radius 3 is 2.26 bits per heavy atom. The van der Waals surface area contributed by atoms with Crippen molar-refractivity contribution >= 4 is 17.7 Å². The van der Waals surface area contributed by atoms with Gasteiger partial charge in [0.15, 0.2) is 0 Å². The molecule has 2 amide bonds. The Morgan fingerprint density at radius 2 is 1.79 bits per heavy atom. The lowest BCUT2D eigenvalue weighted by Crippen LogP contribution is -2.24. The third-order valence-electron chi connectivity index (χ3n) is 2.73. The van der Waals surface area contributed by atoms with Crippen LogP contribution in [0.1, 0.15) is 31.1 Å². The number of aromatic carboxylic acids is 1. The highest BCUT2D eigenvalue weighted by atomic mass is 16.4. The molecule has 0 radical (unpaired) electrons. The second kappa shape index (κ2) is 6.58. The number of carbonyl (C=O) groups excluding carboxylic acids is 1. The van der Waals surface area contributed by atoms with E-state index in [0.717, 1.165) is 5.57 Å². The largest absolute Gasteiger partial charge is 0.478 e. The van der Waals surface area contributed by atoms with E-state index in [0.29, 0.717) is 11.6 Å². The standard InChI is InChI=1S/C14H18N2O3/c1-9(2)10(3)8-15-14(19)16-12-6-4-11(5-7-12)13(17)18/h4-9H,1-3H3,(H,17,18)(H2,15,16,19)/b10-8+. The van der Waals surface area contributed by atoms with E-state index in [2.05, 4.69) is 10.6 Å². The van der Waals surface area contributed by atoms with Crippen LogP contribution < -0.4 is 10.6 Å². The highest BCUT2D eigenvalue weighted by Gasteiger charge is 2.04. The van der Waals surface area contributed by atoms with Gasteiger partial charge in [0.05, 0.1) is 5.56 Å². The van der Waals surface area contributed by atoms with Crippen LogP contribution in [0.3, 0.4) is 0 Å². The minimum absolute atomic E-state index is 0.182. The zero-order chi connectivity index (χ0) is 14.4. The summed E-state index contributed by atoms with van der Waals surface area (Å²) in [5, 5.41) is 14.0. The zero-order valence-electron chi connectivity index (χ0n) is 11.2. The van der Waals surface area contributed by atoms with Crippen molar-refractivity contribution in [2.45, 2.75) is 20.8 Å². The van der Waals surface area contributed by atoms with E-state index < -0.39 is 5.97 Å². The SMILES string of the molecule is C/C(=C\NC(=O)Nc1ccc(C(=O)O)cc1)C(C)C. The monoisotopic (exact) mass is 262 g/mol. The van der Waals surface area contributed by atoms with Crippen molar-refractivity contribution in [3.8, 4) is 0 Å². The minimum Gasteiger partial charge on any atom is -0.478 e. The number of nitrogens with one attached hydrogen (secondary N) is 2. The molecule has 1 aromatic rings. The molecule has 0 aliphatic heterocycles. The van der Waals surface area contributed by atoms with Crippen LogP contribution in [0, 0.1) is 5.92 Å². The molecule has 0 aliphatic rings. The van der Waals surface area contributed by atoms with Crippen LogP contribution >= 0.6 is 0 Å². The predicted octanol–water partition coefficient (Wildman–Crippen LogP) is 3.07. The lowest BCUT2D eigenvalue weighted by atomic mass is 10.1. The Bertz CT molecular complexity index is 490. The van der Waals surface area contributed by atoms with Crippen molar-refractivity contribution < 1.29 is 14.7 Å². The Morgan fingerprint density at radius 1 is 1.21 bits per heavy atom. The van der Waals surface area contributed by atoms with Gasteiger partial charge in [0.1, 0.15) is 0 Å². The number of carbonyl (C=O) groups is 2. The van der Waals surface area contributed by atoms with Crippen LogP contribution in [0.2, 0.25) is 0 Å². The number of benzene rings is 1. The van der Waals surface area contributed by atoms with Crippen molar-refractivity contribution in [3.63, 3.8) is 0 Å². The molecule has 3 N–H and O–H groups in total. The van der Waals surface area contributed by atoms with E-state index in [1.807, 2.05) is 20.8 Å². The highest BCUT2D eigenvalue weighted by molar-refractivity contribution is 5.91. The molecule has 0 aliphatic carbocycles. The fourth-order valence-corrected chi connectivity index (χ4v) is 1.21. The van der Waals surface area contributed by atoms with Crippen molar-refractivity contribution in [2.75, 3.05) is 5.32 Å². The van der Waals surface area contributed by atoms with Gasteiger partial charge in [-0.05, 0) is 37.1 Å². The molecule has 0 spiro atoms. The van der Waals surface area contributed by atoms with E-state index in [9.17, 15) is 9.59 Å². The summed E-state index contributed by atoms with van der Waals surface area (Å²) >= 11 is 0. The number of carboxylic acid groups (broad SMARTS) is 1. The van der Waals surface area contributed by atoms with Gasteiger partial charge in [-0.25, -0.2) is 9.59 Å². The Kier molecular flexibility index (Phi) is 5.11. The number of allylic oxidation sites excluding steroid dienone is 1. The van der Waals surface area contributed by atoms with Crippen LogP contribution in [0.15, 0.2) is 36.0 Å². The Labute approximate surface area is 112 Å². The lowest BCUT2D eigenvalue weighted by molar-refractivity contribution is 0.0697.